The van der Waals surface area contributed by atoms with Gasteiger partial charge in [-0.15, -0.1) is 22.7 Å². The molecule has 72 heavy (non-hydrogen) atoms. The number of carbonyl (C=O) groups excluding carboxylic acids is 2. The largest absolute Gasteiger partial charge is 0.330 e. The van der Waals surface area contributed by atoms with Gasteiger partial charge in [-0.3, -0.25) is 9.59 Å². The summed E-state index contributed by atoms with van der Waals surface area (Å²) in [7, 11) is 0. The molecule has 2 aliphatic rings. The fourth-order valence-corrected chi connectivity index (χ4v) is 14.2. The van der Waals surface area contributed by atoms with Crippen LogP contribution in [-0.4, -0.2) is 34.7 Å². The average molecular weight is 1030 g/mol. The third kappa shape index (κ3) is 23.5. The highest BCUT2D eigenvalue weighted by molar-refractivity contribution is 7.11. The van der Waals surface area contributed by atoms with Crippen LogP contribution >= 0.6 is 22.7 Å². The van der Waals surface area contributed by atoms with Crippen molar-refractivity contribution >= 4 is 40.2 Å². The van der Waals surface area contributed by atoms with Crippen molar-refractivity contribution in [2.45, 2.75) is 329 Å². The molecule has 4 rings (SSSR count). The molecule has 2 amide bonds. The van der Waals surface area contributed by atoms with Crippen LogP contribution in [0, 0.1) is 5.92 Å². The number of fused-ring (bicyclic) bond motifs is 1. The zero-order valence-electron chi connectivity index (χ0n) is 47.9. The van der Waals surface area contributed by atoms with E-state index in [0.717, 1.165) is 62.9 Å². The second kappa shape index (κ2) is 41.3. The van der Waals surface area contributed by atoms with Crippen LogP contribution in [0.15, 0.2) is 28.5 Å². The predicted molar refractivity (Wildman–Crippen MR) is 318 cm³/mol. The topological polar surface area (TPSA) is 40.6 Å². The van der Waals surface area contributed by atoms with E-state index in [1.807, 2.05) is 11.3 Å². The third-order valence-electron chi connectivity index (χ3n) is 16.6. The Hall–Kier alpha value is -1.92. The summed E-state index contributed by atoms with van der Waals surface area (Å²) in [6.07, 6.45) is 61.0. The van der Waals surface area contributed by atoms with Gasteiger partial charge in [0.15, 0.2) is 0 Å². The zero-order chi connectivity index (χ0) is 51.1. The monoisotopic (exact) mass is 1030 g/mol. The van der Waals surface area contributed by atoms with Gasteiger partial charge >= 0.3 is 0 Å². The lowest BCUT2D eigenvalue weighted by atomic mass is 9.92. The minimum absolute atomic E-state index is 0.140. The minimum atomic E-state index is -0.400. The molecule has 412 valence electrons. The molecule has 1 fully saturated rings. The summed E-state index contributed by atoms with van der Waals surface area (Å²) in [5.41, 5.74) is 4.55. The maximum absolute atomic E-state index is 15.1. The molecular formula is C66H114N2O2S2. The Morgan fingerprint density at radius 1 is 0.389 bits per heavy atom. The fraction of sp³-hybridized carbons (Fsp3) is 0.818. The molecule has 4 nitrogen and oxygen atoms in total. The van der Waals surface area contributed by atoms with Gasteiger partial charge in [0, 0.05) is 18.0 Å². The lowest BCUT2D eigenvalue weighted by Gasteiger charge is -2.30. The number of hydrogen-bond acceptors (Lipinski definition) is 4. The number of thiophene rings is 2. The lowest BCUT2D eigenvalue weighted by molar-refractivity contribution is -0.131. The first-order valence-corrected chi connectivity index (χ1v) is 33.8. The minimum Gasteiger partial charge on any atom is -0.330 e. The molecule has 0 saturated carbocycles. The molecule has 0 aliphatic carbocycles. The van der Waals surface area contributed by atoms with Crippen molar-refractivity contribution in [3.8, 4) is 0 Å². The number of unbranched alkanes of at least 4 members (excludes halogenated alkanes) is 40. The summed E-state index contributed by atoms with van der Waals surface area (Å²) in [5.74, 6) is -0.0745. The van der Waals surface area contributed by atoms with Gasteiger partial charge in [-0.25, -0.2) is 0 Å². The van der Waals surface area contributed by atoms with Crippen LogP contribution in [0.25, 0.3) is 5.70 Å². The van der Waals surface area contributed by atoms with E-state index in [1.54, 1.807) is 11.3 Å². The molecule has 2 atom stereocenters. The summed E-state index contributed by atoms with van der Waals surface area (Å²) in [4.78, 5) is 37.0. The summed E-state index contributed by atoms with van der Waals surface area (Å²) in [5, 5.41) is 4.48. The number of aryl methyl sites for hydroxylation is 2. The maximum Gasteiger partial charge on any atom is 0.253 e. The highest BCUT2D eigenvalue weighted by Crippen LogP contribution is 2.53. The maximum atomic E-state index is 15.1. The van der Waals surface area contributed by atoms with Crippen molar-refractivity contribution in [1.29, 1.82) is 0 Å². The number of likely N-dealkylation sites (tertiary alicyclic amines) is 1. The van der Waals surface area contributed by atoms with E-state index in [-0.39, 0.29) is 17.9 Å². The summed E-state index contributed by atoms with van der Waals surface area (Å²) >= 11 is 3.58. The van der Waals surface area contributed by atoms with Crippen LogP contribution in [0.2, 0.25) is 0 Å². The number of nitrogens with zero attached hydrogens (tertiary/aromatic N) is 2. The first-order valence-electron chi connectivity index (χ1n) is 32.1. The molecule has 0 bridgehead atoms. The molecular weight excluding hydrogens is 917 g/mol. The van der Waals surface area contributed by atoms with Crippen LogP contribution in [0.4, 0.5) is 0 Å². The van der Waals surface area contributed by atoms with E-state index >= 15 is 9.59 Å². The Balaban J connectivity index is 1.28. The molecule has 0 radical (unpaired) electrons. The highest BCUT2D eigenvalue weighted by atomic mass is 32.1. The summed E-state index contributed by atoms with van der Waals surface area (Å²) in [6.45, 7) is 10.6. The molecule has 2 aromatic rings. The molecule has 4 heterocycles. The van der Waals surface area contributed by atoms with Gasteiger partial charge in [0.25, 0.3) is 5.91 Å². The summed E-state index contributed by atoms with van der Waals surface area (Å²) < 4.78 is 0. The van der Waals surface area contributed by atoms with Gasteiger partial charge < -0.3 is 9.80 Å². The van der Waals surface area contributed by atoms with E-state index in [2.05, 4.69) is 60.4 Å². The Labute approximate surface area is 454 Å². The normalized spacial score (nSPS) is 15.9. The third-order valence-corrected chi connectivity index (χ3v) is 18.6. The molecule has 6 heteroatoms. The van der Waals surface area contributed by atoms with Crippen molar-refractivity contribution < 1.29 is 9.59 Å². The molecule has 2 unspecified atom stereocenters. The van der Waals surface area contributed by atoms with E-state index in [1.165, 1.54) is 278 Å². The van der Waals surface area contributed by atoms with E-state index in [0.29, 0.717) is 0 Å². The molecule has 0 spiro atoms. The molecule has 2 aromatic heterocycles. The quantitative estimate of drug-likeness (QED) is 0.0620. The summed E-state index contributed by atoms with van der Waals surface area (Å²) in [6, 6.07) is 4.46. The van der Waals surface area contributed by atoms with E-state index in [9.17, 15) is 0 Å². The van der Waals surface area contributed by atoms with Gasteiger partial charge in [0.05, 0.1) is 28.1 Å². The van der Waals surface area contributed by atoms with Crippen LogP contribution in [0.1, 0.15) is 337 Å². The van der Waals surface area contributed by atoms with E-state index in [4.69, 9.17) is 0 Å². The second-order valence-electron chi connectivity index (χ2n) is 22.9. The first kappa shape index (κ1) is 62.6. The van der Waals surface area contributed by atoms with Crippen LogP contribution in [0.3, 0.4) is 0 Å². The van der Waals surface area contributed by atoms with Crippen molar-refractivity contribution in [2.24, 2.45) is 5.92 Å². The van der Waals surface area contributed by atoms with Crippen molar-refractivity contribution in [3.63, 3.8) is 0 Å². The lowest BCUT2D eigenvalue weighted by Crippen LogP contribution is -2.37. The molecule has 1 saturated heterocycles. The number of amides is 2. The van der Waals surface area contributed by atoms with Gasteiger partial charge in [0.2, 0.25) is 5.91 Å². The molecule has 0 aromatic carbocycles. The number of hydrogen-bond donors (Lipinski definition) is 0. The fourth-order valence-electron chi connectivity index (χ4n) is 12.1. The van der Waals surface area contributed by atoms with Crippen LogP contribution < -0.4 is 0 Å². The van der Waals surface area contributed by atoms with Crippen LogP contribution in [0.5, 0.6) is 0 Å². The average Bonchev–Trinajstić information content (AvgIpc) is 4.17. The van der Waals surface area contributed by atoms with Gasteiger partial charge in [-0.05, 0) is 72.5 Å². The molecule has 2 aliphatic heterocycles. The molecule has 0 N–H and O–H groups in total. The Morgan fingerprint density at radius 3 is 1.14 bits per heavy atom. The van der Waals surface area contributed by atoms with Gasteiger partial charge in [0.1, 0.15) is 0 Å². The van der Waals surface area contributed by atoms with Crippen molar-refractivity contribution in [1.82, 2.24) is 9.80 Å². The zero-order valence-corrected chi connectivity index (χ0v) is 49.6. The Bertz CT molecular complexity index is 1670. The first-order chi connectivity index (χ1) is 35.6. The van der Waals surface area contributed by atoms with E-state index < -0.39 is 5.92 Å². The highest BCUT2D eigenvalue weighted by Gasteiger charge is 2.57. The van der Waals surface area contributed by atoms with Crippen molar-refractivity contribution in [3.05, 3.63) is 49.3 Å². The number of rotatable bonds is 50. The van der Waals surface area contributed by atoms with Crippen LogP contribution in [-0.2, 0) is 22.4 Å². The SMILES string of the molecule is CCCCCCCCCCCCCCCCCCCCc1ccsc1C1=C2C(=O)N(CCCCCC)C(c3sccc3CCCCCCCCCCCCCCCCCCCC)C2C(=O)N1CCCCCC. The van der Waals surface area contributed by atoms with Crippen molar-refractivity contribution in [2.75, 3.05) is 13.1 Å². The van der Waals surface area contributed by atoms with Gasteiger partial charge in [-0.2, -0.15) is 0 Å². The standard InChI is InChI=1S/C66H114N2O2S2/c1-5-9-13-17-19-21-23-25-27-29-31-33-35-37-39-41-43-45-49-57-51-55-71-63(57)61-59-60(66(70)67(61)53-47-15-11-7-3)62(68(65(59)69)54-48-16-12-8-4)64-58(52-56-72-64)50-46-44-42-40-38-36-34-32-30-28-26-24-22-20-18-14-10-6-2/h51-52,55-56,59,61H,5-50,53-54H2,1-4H3. The number of carbonyl (C=O) groups is 2. The predicted octanol–water partition coefficient (Wildman–Crippen LogP) is 21.9. The Morgan fingerprint density at radius 2 is 0.722 bits per heavy atom. The Kier molecular flexibility index (Phi) is 35.9. The second-order valence-corrected chi connectivity index (χ2v) is 24.8. The smallest absolute Gasteiger partial charge is 0.253 e. The van der Waals surface area contributed by atoms with Gasteiger partial charge in [-0.1, -0.05) is 285 Å².